The molecule has 1 heterocycles. The van der Waals surface area contributed by atoms with Crippen LogP contribution in [0.15, 0.2) is 12.4 Å². The maximum absolute atomic E-state index is 11.8. The lowest BCUT2D eigenvalue weighted by Crippen LogP contribution is -2.28. The molecule has 0 amide bonds. The van der Waals surface area contributed by atoms with Crippen LogP contribution in [0.3, 0.4) is 0 Å². The lowest BCUT2D eigenvalue weighted by molar-refractivity contribution is 0.465. The zero-order valence-corrected chi connectivity index (χ0v) is 10.9. The molecular weight excluding hydrogens is 226 g/mol. The van der Waals surface area contributed by atoms with Crippen LogP contribution in [-0.2, 0) is 23.6 Å². The van der Waals surface area contributed by atoms with Gasteiger partial charge in [-0.15, -0.1) is 0 Å². The van der Waals surface area contributed by atoms with E-state index in [0.29, 0.717) is 13.0 Å². The molecule has 0 atom stereocenters. The second kappa shape index (κ2) is 5.45. The minimum Gasteiger partial charge on any atom is -0.275 e. The molecule has 0 N–H and O–H groups in total. The highest BCUT2D eigenvalue weighted by molar-refractivity contribution is 7.89. The van der Waals surface area contributed by atoms with E-state index < -0.39 is 10.0 Å². The molecule has 0 saturated carbocycles. The van der Waals surface area contributed by atoms with Crippen molar-refractivity contribution in [2.45, 2.75) is 26.3 Å². The summed E-state index contributed by atoms with van der Waals surface area (Å²) in [5.74, 6) is 0.222. The molecule has 0 unspecified atom stereocenters. The van der Waals surface area contributed by atoms with Crippen LogP contribution in [0, 0.1) is 0 Å². The number of unbranched alkanes of at least 4 members (excludes halogenated alkanes) is 1. The third-order valence-electron chi connectivity index (χ3n) is 2.39. The summed E-state index contributed by atoms with van der Waals surface area (Å²) in [7, 11) is 0.309. The second-order valence-electron chi connectivity index (χ2n) is 3.95. The van der Waals surface area contributed by atoms with Crippen molar-refractivity contribution in [1.29, 1.82) is 0 Å². The summed E-state index contributed by atoms with van der Waals surface area (Å²) in [6.07, 6.45) is 5.11. The molecule has 0 aromatic carbocycles. The zero-order chi connectivity index (χ0) is 12.2. The molecular formula is C10H19N3O2S. The topological polar surface area (TPSA) is 55.2 Å². The van der Waals surface area contributed by atoms with Crippen LogP contribution in [0.25, 0.3) is 0 Å². The third kappa shape index (κ3) is 3.61. The van der Waals surface area contributed by atoms with E-state index in [-0.39, 0.29) is 5.75 Å². The summed E-state index contributed by atoms with van der Waals surface area (Å²) < 4.78 is 26.7. The number of hydrogen-bond donors (Lipinski definition) is 0. The molecule has 1 rings (SSSR count). The first-order valence-corrected chi connectivity index (χ1v) is 6.98. The van der Waals surface area contributed by atoms with Gasteiger partial charge in [0.05, 0.1) is 11.9 Å². The predicted molar refractivity (Wildman–Crippen MR) is 63.4 cm³/mol. The lowest BCUT2D eigenvalue weighted by Gasteiger charge is -2.15. The van der Waals surface area contributed by atoms with Gasteiger partial charge in [0.2, 0.25) is 10.0 Å². The molecule has 1 aromatic heterocycles. The fourth-order valence-corrected chi connectivity index (χ4v) is 2.70. The molecule has 1 aromatic rings. The van der Waals surface area contributed by atoms with E-state index in [1.807, 2.05) is 20.2 Å². The van der Waals surface area contributed by atoms with Crippen molar-refractivity contribution >= 4 is 10.0 Å². The number of aromatic nitrogens is 2. The van der Waals surface area contributed by atoms with Crippen LogP contribution in [0.1, 0.15) is 25.3 Å². The Morgan fingerprint density at radius 3 is 2.69 bits per heavy atom. The summed E-state index contributed by atoms with van der Waals surface area (Å²) in [6.45, 7) is 2.37. The van der Waals surface area contributed by atoms with Gasteiger partial charge in [0.25, 0.3) is 0 Å². The average molecular weight is 245 g/mol. The largest absolute Gasteiger partial charge is 0.275 e. The van der Waals surface area contributed by atoms with Crippen molar-refractivity contribution in [3.63, 3.8) is 0 Å². The Bertz CT molecular complexity index is 425. The standard InChI is InChI=1S/C10H19N3O2S/c1-4-5-6-16(14,15)13(3)9-10-7-11-12(2)8-10/h7-8H,4-6,9H2,1-3H3. The van der Waals surface area contributed by atoms with Gasteiger partial charge in [-0.3, -0.25) is 4.68 Å². The van der Waals surface area contributed by atoms with Gasteiger partial charge in [-0.25, -0.2) is 12.7 Å². The number of hydrogen-bond acceptors (Lipinski definition) is 3. The highest BCUT2D eigenvalue weighted by Crippen LogP contribution is 2.08. The molecule has 0 fully saturated rings. The predicted octanol–water partition coefficient (Wildman–Crippen LogP) is 0.982. The Morgan fingerprint density at radius 1 is 1.50 bits per heavy atom. The van der Waals surface area contributed by atoms with Crippen molar-refractivity contribution in [3.8, 4) is 0 Å². The van der Waals surface area contributed by atoms with Crippen molar-refractivity contribution in [2.75, 3.05) is 12.8 Å². The van der Waals surface area contributed by atoms with Crippen molar-refractivity contribution in [3.05, 3.63) is 18.0 Å². The fraction of sp³-hybridized carbons (Fsp3) is 0.700. The molecule has 6 heteroatoms. The van der Waals surface area contributed by atoms with Gasteiger partial charge < -0.3 is 0 Å². The highest BCUT2D eigenvalue weighted by atomic mass is 32.2. The van der Waals surface area contributed by atoms with Gasteiger partial charge in [-0.1, -0.05) is 13.3 Å². The van der Waals surface area contributed by atoms with Crippen LogP contribution in [-0.4, -0.2) is 35.3 Å². The molecule has 0 aliphatic heterocycles. The van der Waals surface area contributed by atoms with E-state index in [0.717, 1.165) is 12.0 Å². The van der Waals surface area contributed by atoms with Crippen LogP contribution in [0.5, 0.6) is 0 Å². The highest BCUT2D eigenvalue weighted by Gasteiger charge is 2.17. The Kier molecular flexibility index (Phi) is 4.49. The van der Waals surface area contributed by atoms with E-state index in [2.05, 4.69) is 5.10 Å². The molecule has 0 bridgehead atoms. The number of rotatable bonds is 6. The summed E-state index contributed by atoms with van der Waals surface area (Å²) in [5.41, 5.74) is 0.907. The molecule has 5 nitrogen and oxygen atoms in total. The van der Waals surface area contributed by atoms with Crippen molar-refractivity contribution in [2.24, 2.45) is 7.05 Å². The summed E-state index contributed by atoms with van der Waals surface area (Å²) in [5, 5.41) is 4.01. The van der Waals surface area contributed by atoms with Gasteiger partial charge >= 0.3 is 0 Å². The SMILES string of the molecule is CCCCS(=O)(=O)N(C)Cc1cnn(C)c1. The maximum atomic E-state index is 11.8. The number of sulfonamides is 1. The number of aryl methyl sites for hydroxylation is 1. The summed E-state index contributed by atoms with van der Waals surface area (Å²) in [4.78, 5) is 0. The van der Waals surface area contributed by atoms with Gasteiger partial charge in [0.15, 0.2) is 0 Å². The van der Waals surface area contributed by atoms with E-state index in [9.17, 15) is 8.42 Å². The van der Waals surface area contributed by atoms with E-state index in [1.54, 1.807) is 17.9 Å². The lowest BCUT2D eigenvalue weighted by atomic mass is 10.4. The molecule has 92 valence electrons. The minimum absolute atomic E-state index is 0.222. The Hall–Kier alpha value is -0.880. The van der Waals surface area contributed by atoms with Crippen LogP contribution < -0.4 is 0 Å². The first-order valence-electron chi connectivity index (χ1n) is 5.37. The van der Waals surface area contributed by atoms with Gasteiger partial charge in [-0.2, -0.15) is 5.10 Å². The molecule has 16 heavy (non-hydrogen) atoms. The Balaban J connectivity index is 2.61. The average Bonchev–Trinajstić information content (AvgIpc) is 2.61. The van der Waals surface area contributed by atoms with Gasteiger partial charge in [0.1, 0.15) is 0 Å². The van der Waals surface area contributed by atoms with Crippen LogP contribution in [0.2, 0.25) is 0 Å². The van der Waals surface area contributed by atoms with E-state index in [4.69, 9.17) is 0 Å². The quantitative estimate of drug-likeness (QED) is 0.750. The van der Waals surface area contributed by atoms with Crippen LogP contribution in [0.4, 0.5) is 0 Å². The molecule has 0 aliphatic carbocycles. The van der Waals surface area contributed by atoms with Crippen molar-refractivity contribution in [1.82, 2.24) is 14.1 Å². The second-order valence-corrected chi connectivity index (χ2v) is 6.14. The van der Waals surface area contributed by atoms with E-state index in [1.165, 1.54) is 4.31 Å². The van der Waals surface area contributed by atoms with E-state index >= 15 is 0 Å². The Labute approximate surface area is 97.1 Å². The Morgan fingerprint density at radius 2 is 2.19 bits per heavy atom. The fourth-order valence-electron chi connectivity index (χ4n) is 1.39. The minimum atomic E-state index is -3.12. The first kappa shape index (κ1) is 13.2. The monoisotopic (exact) mass is 245 g/mol. The molecule has 0 spiro atoms. The zero-order valence-electron chi connectivity index (χ0n) is 10.0. The smallest absolute Gasteiger partial charge is 0.214 e. The van der Waals surface area contributed by atoms with Gasteiger partial charge in [-0.05, 0) is 6.42 Å². The van der Waals surface area contributed by atoms with Gasteiger partial charge in [0, 0.05) is 32.4 Å². The maximum Gasteiger partial charge on any atom is 0.214 e. The third-order valence-corrected chi connectivity index (χ3v) is 4.28. The summed E-state index contributed by atoms with van der Waals surface area (Å²) >= 11 is 0. The summed E-state index contributed by atoms with van der Waals surface area (Å²) in [6, 6.07) is 0. The number of nitrogens with zero attached hydrogens (tertiary/aromatic N) is 3. The van der Waals surface area contributed by atoms with Crippen LogP contribution >= 0.6 is 0 Å². The normalized spacial score (nSPS) is 12.2. The first-order chi connectivity index (χ1) is 7.45. The molecule has 0 aliphatic rings. The molecule has 0 radical (unpaired) electrons. The molecule has 0 saturated heterocycles. The van der Waals surface area contributed by atoms with Crippen molar-refractivity contribution < 1.29 is 8.42 Å².